The van der Waals surface area contributed by atoms with Gasteiger partial charge in [-0.2, -0.15) is 5.10 Å². The number of carbonyl (C=O) groups is 1. The molecule has 136 valence electrons. The van der Waals surface area contributed by atoms with Crippen LogP contribution in [0.2, 0.25) is 0 Å². The molecule has 3 rings (SSSR count). The molecule has 1 amide bonds. The number of nitrogens with one attached hydrogen (secondary N) is 1. The second-order valence-corrected chi connectivity index (χ2v) is 7.05. The monoisotopic (exact) mass is 346 g/mol. The number of carbonyl (C=O) groups excluding carboxylic acids is 1. The molecule has 2 atom stereocenters. The fraction of sp³-hybridized carbons (Fsp3) is 0.611. The zero-order valence-electron chi connectivity index (χ0n) is 15.5. The number of rotatable bonds is 3. The second-order valence-electron chi connectivity index (χ2n) is 7.05. The first-order valence-corrected chi connectivity index (χ1v) is 8.76. The van der Waals surface area contributed by atoms with E-state index in [9.17, 15) is 9.59 Å². The lowest BCUT2D eigenvalue weighted by atomic mass is 10.0. The highest BCUT2D eigenvalue weighted by molar-refractivity contribution is 5.83. The lowest BCUT2D eigenvalue weighted by Crippen LogP contribution is -2.48. The molecule has 2 aromatic rings. The number of amides is 1. The molecule has 7 nitrogen and oxygen atoms in total. The molecule has 7 heteroatoms. The van der Waals surface area contributed by atoms with Gasteiger partial charge in [0.05, 0.1) is 17.9 Å². The zero-order valence-corrected chi connectivity index (χ0v) is 15.5. The van der Waals surface area contributed by atoms with Gasteiger partial charge in [-0.1, -0.05) is 0 Å². The molecule has 1 aliphatic heterocycles. The van der Waals surface area contributed by atoms with Gasteiger partial charge < -0.3 is 14.6 Å². The van der Waals surface area contributed by atoms with Crippen molar-refractivity contribution < 1.29 is 9.53 Å². The normalized spacial score (nSPS) is 21.1. The number of fused-ring (bicyclic) bond motifs is 1. The summed E-state index contributed by atoms with van der Waals surface area (Å²) in [4.78, 5) is 29.8. The van der Waals surface area contributed by atoms with Gasteiger partial charge in [0.15, 0.2) is 0 Å². The summed E-state index contributed by atoms with van der Waals surface area (Å²) in [6.45, 7) is 9.04. The first-order valence-electron chi connectivity index (χ1n) is 8.76. The molecule has 0 aliphatic carbocycles. The highest BCUT2D eigenvalue weighted by Crippen LogP contribution is 2.21. The van der Waals surface area contributed by atoms with Crippen molar-refractivity contribution in [3.05, 3.63) is 27.2 Å². The molecule has 0 aromatic carbocycles. The van der Waals surface area contributed by atoms with E-state index in [0.29, 0.717) is 31.5 Å². The van der Waals surface area contributed by atoms with Crippen molar-refractivity contribution in [2.45, 2.75) is 52.7 Å². The number of ether oxygens (including phenoxy) is 1. The maximum Gasteiger partial charge on any atom is 0.253 e. The van der Waals surface area contributed by atoms with E-state index < -0.39 is 0 Å². The van der Waals surface area contributed by atoms with Gasteiger partial charge in [0.2, 0.25) is 5.91 Å². The minimum Gasteiger partial charge on any atom is -0.372 e. The van der Waals surface area contributed by atoms with Crippen LogP contribution in [0.5, 0.6) is 0 Å². The molecule has 25 heavy (non-hydrogen) atoms. The van der Waals surface area contributed by atoms with Gasteiger partial charge >= 0.3 is 0 Å². The van der Waals surface area contributed by atoms with Crippen LogP contribution in [-0.4, -0.2) is 50.9 Å². The Balaban J connectivity index is 1.80. The van der Waals surface area contributed by atoms with Crippen molar-refractivity contribution >= 4 is 16.9 Å². The summed E-state index contributed by atoms with van der Waals surface area (Å²) in [5, 5.41) is 5.35. The van der Waals surface area contributed by atoms with E-state index in [1.165, 1.54) is 0 Å². The number of aromatic nitrogens is 3. The number of morpholine rings is 1. The fourth-order valence-corrected chi connectivity index (χ4v) is 3.83. The summed E-state index contributed by atoms with van der Waals surface area (Å²) in [6.07, 6.45) is 0.859. The Morgan fingerprint density at radius 2 is 1.92 bits per heavy atom. The van der Waals surface area contributed by atoms with Crippen LogP contribution < -0.4 is 5.56 Å². The third-order valence-electron chi connectivity index (χ3n) is 4.92. The van der Waals surface area contributed by atoms with E-state index in [-0.39, 0.29) is 23.7 Å². The van der Waals surface area contributed by atoms with Crippen molar-refractivity contribution in [2.24, 2.45) is 7.05 Å². The van der Waals surface area contributed by atoms with Crippen LogP contribution in [0, 0.1) is 13.8 Å². The van der Waals surface area contributed by atoms with Crippen LogP contribution in [-0.2, 0) is 23.0 Å². The number of aryl methyl sites for hydroxylation is 3. The molecule has 1 aliphatic rings. The Morgan fingerprint density at radius 3 is 2.56 bits per heavy atom. The smallest absolute Gasteiger partial charge is 0.253 e. The summed E-state index contributed by atoms with van der Waals surface area (Å²) in [7, 11) is 1.81. The standard InChI is InChI=1S/C18H26N4O3/c1-10-8-22(9-11(2)25-10)15(23)7-6-14-12(3)16-13(4)20-21(5)17(16)19-18(14)24/h10-11H,6-9H2,1-5H3,(H,19,24). The van der Waals surface area contributed by atoms with E-state index in [0.717, 1.165) is 22.3 Å². The average Bonchev–Trinajstić information content (AvgIpc) is 2.80. The highest BCUT2D eigenvalue weighted by Gasteiger charge is 2.26. The largest absolute Gasteiger partial charge is 0.372 e. The van der Waals surface area contributed by atoms with Crippen LogP contribution in [0.4, 0.5) is 0 Å². The van der Waals surface area contributed by atoms with Gasteiger partial charge in [0.1, 0.15) is 5.65 Å². The quantitative estimate of drug-likeness (QED) is 0.912. The first-order chi connectivity index (χ1) is 11.8. The molecule has 3 heterocycles. The Labute approximate surface area is 147 Å². The van der Waals surface area contributed by atoms with Gasteiger partial charge in [0.25, 0.3) is 5.56 Å². The Bertz CT molecular complexity index is 857. The summed E-state index contributed by atoms with van der Waals surface area (Å²) >= 11 is 0. The highest BCUT2D eigenvalue weighted by atomic mass is 16.5. The SMILES string of the molecule is Cc1nn(C)c2[nH]c(=O)c(CCC(=O)N3CC(C)OC(C)C3)c(C)c12. The van der Waals surface area contributed by atoms with Crippen LogP contribution in [0.15, 0.2) is 4.79 Å². The van der Waals surface area contributed by atoms with Crippen molar-refractivity contribution in [2.75, 3.05) is 13.1 Å². The second kappa shape index (κ2) is 6.63. The number of H-pyrrole nitrogens is 1. The topological polar surface area (TPSA) is 80.2 Å². The van der Waals surface area contributed by atoms with Crippen LogP contribution >= 0.6 is 0 Å². The molecule has 0 bridgehead atoms. The van der Waals surface area contributed by atoms with Crippen LogP contribution in [0.3, 0.4) is 0 Å². The van der Waals surface area contributed by atoms with Crippen molar-refractivity contribution in [3.8, 4) is 0 Å². The number of pyridine rings is 1. The summed E-state index contributed by atoms with van der Waals surface area (Å²) < 4.78 is 7.36. The molecule has 2 aromatic heterocycles. The number of hydrogen-bond acceptors (Lipinski definition) is 4. The molecule has 0 spiro atoms. The van der Waals surface area contributed by atoms with E-state index in [1.807, 2.05) is 39.6 Å². The van der Waals surface area contributed by atoms with E-state index in [4.69, 9.17) is 4.74 Å². The van der Waals surface area contributed by atoms with Gasteiger partial charge in [0, 0.05) is 37.5 Å². The predicted octanol–water partition coefficient (Wildman–Crippen LogP) is 1.45. The minimum absolute atomic E-state index is 0.0484. The molecule has 2 unspecified atom stereocenters. The molecular weight excluding hydrogens is 320 g/mol. The lowest BCUT2D eigenvalue weighted by molar-refractivity contribution is -0.143. The summed E-state index contributed by atoms with van der Waals surface area (Å²) in [5.41, 5.74) is 3.07. The maximum atomic E-state index is 12.6. The Morgan fingerprint density at radius 1 is 1.28 bits per heavy atom. The summed E-state index contributed by atoms with van der Waals surface area (Å²) in [6, 6.07) is 0. The zero-order chi connectivity index (χ0) is 18.3. The Kier molecular flexibility index (Phi) is 4.69. The molecular formula is C18H26N4O3. The van der Waals surface area contributed by atoms with Crippen LogP contribution in [0.1, 0.15) is 37.1 Å². The number of nitrogens with zero attached hydrogens (tertiary/aromatic N) is 3. The molecule has 1 fully saturated rings. The third kappa shape index (κ3) is 3.33. The van der Waals surface area contributed by atoms with Gasteiger partial charge in [-0.3, -0.25) is 14.3 Å². The van der Waals surface area contributed by atoms with Gasteiger partial charge in [-0.15, -0.1) is 0 Å². The third-order valence-corrected chi connectivity index (χ3v) is 4.92. The molecule has 1 saturated heterocycles. The molecule has 1 N–H and O–H groups in total. The van der Waals surface area contributed by atoms with Crippen LogP contribution in [0.25, 0.3) is 11.0 Å². The molecule has 0 radical (unpaired) electrons. The molecule has 0 saturated carbocycles. The fourth-order valence-electron chi connectivity index (χ4n) is 3.83. The van der Waals surface area contributed by atoms with Crippen molar-refractivity contribution in [1.29, 1.82) is 0 Å². The lowest BCUT2D eigenvalue weighted by Gasteiger charge is -2.35. The predicted molar refractivity (Wildman–Crippen MR) is 95.7 cm³/mol. The van der Waals surface area contributed by atoms with E-state index in [2.05, 4.69) is 10.1 Å². The van der Waals surface area contributed by atoms with E-state index in [1.54, 1.807) is 4.68 Å². The number of aromatic amines is 1. The Hall–Kier alpha value is -2.15. The maximum absolute atomic E-state index is 12.6. The van der Waals surface area contributed by atoms with Crippen molar-refractivity contribution in [1.82, 2.24) is 19.7 Å². The summed E-state index contributed by atoms with van der Waals surface area (Å²) in [5.74, 6) is 0.0730. The minimum atomic E-state index is -0.135. The average molecular weight is 346 g/mol. The van der Waals surface area contributed by atoms with E-state index >= 15 is 0 Å². The first kappa shape index (κ1) is 17.7. The van der Waals surface area contributed by atoms with Crippen molar-refractivity contribution in [3.63, 3.8) is 0 Å². The van der Waals surface area contributed by atoms with Gasteiger partial charge in [-0.05, 0) is 39.7 Å². The number of hydrogen-bond donors (Lipinski definition) is 1. The van der Waals surface area contributed by atoms with Gasteiger partial charge in [-0.25, -0.2) is 0 Å².